The fourth-order valence-corrected chi connectivity index (χ4v) is 3.06. The number of nitrogens with one attached hydrogen (secondary N) is 1. The molecule has 0 bridgehead atoms. The molecule has 0 aliphatic heterocycles. The summed E-state index contributed by atoms with van der Waals surface area (Å²) in [7, 11) is -2.70. The number of hydrogen-bond donors (Lipinski definition) is 1. The van der Waals surface area contributed by atoms with Gasteiger partial charge < -0.3 is 4.74 Å². The third kappa shape index (κ3) is 4.72. The summed E-state index contributed by atoms with van der Waals surface area (Å²) in [5.74, 6) is 0.132. The Bertz CT molecular complexity index is 894. The van der Waals surface area contributed by atoms with Crippen LogP contribution in [-0.2, 0) is 16.2 Å². The van der Waals surface area contributed by atoms with Crippen LogP contribution in [0.15, 0.2) is 52.5 Å². The minimum Gasteiger partial charge on any atom is -0.495 e. The summed E-state index contributed by atoms with van der Waals surface area (Å²) in [4.78, 5) is 1.85. The van der Waals surface area contributed by atoms with E-state index in [9.17, 15) is 21.6 Å². The van der Waals surface area contributed by atoms with Crippen LogP contribution >= 0.6 is 0 Å². The molecule has 0 heterocycles. The molecule has 1 N–H and O–H groups in total. The lowest BCUT2D eigenvalue weighted by Gasteiger charge is -2.09. The largest absolute Gasteiger partial charge is 0.495 e. The van der Waals surface area contributed by atoms with Crippen LogP contribution in [0, 0.1) is 6.92 Å². The van der Waals surface area contributed by atoms with Crippen molar-refractivity contribution < 1.29 is 26.3 Å². The van der Waals surface area contributed by atoms with Crippen molar-refractivity contribution in [3.05, 3.63) is 59.2 Å². The molecule has 0 amide bonds. The zero-order valence-corrected chi connectivity index (χ0v) is 14.1. The highest BCUT2D eigenvalue weighted by atomic mass is 32.2. The Morgan fingerprint density at radius 1 is 1.16 bits per heavy atom. The number of alkyl halides is 3. The van der Waals surface area contributed by atoms with Crippen LogP contribution in [0.25, 0.3) is 0 Å². The average molecular weight is 372 g/mol. The predicted molar refractivity (Wildman–Crippen MR) is 87.1 cm³/mol. The predicted octanol–water partition coefficient (Wildman–Crippen LogP) is 3.33. The average Bonchev–Trinajstić information content (AvgIpc) is 2.54. The SMILES string of the molecule is COc1ccc(C)cc1S(=O)(=O)N/N=C/c1cccc(C(F)(F)F)c1. The molecule has 2 aromatic rings. The van der Waals surface area contributed by atoms with Crippen molar-refractivity contribution in [2.75, 3.05) is 7.11 Å². The molecule has 134 valence electrons. The van der Waals surface area contributed by atoms with Gasteiger partial charge in [-0.2, -0.15) is 31.5 Å². The highest BCUT2D eigenvalue weighted by Gasteiger charge is 2.30. The van der Waals surface area contributed by atoms with Crippen molar-refractivity contribution in [2.45, 2.75) is 18.0 Å². The monoisotopic (exact) mass is 372 g/mol. The molecular formula is C16H15F3N2O3S. The Labute approximate surface area is 143 Å². The molecule has 9 heteroatoms. The maximum absolute atomic E-state index is 12.7. The van der Waals surface area contributed by atoms with Crippen molar-refractivity contribution in [2.24, 2.45) is 5.10 Å². The van der Waals surface area contributed by atoms with Gasteiger partial charge in [-0.25, -0.2) is 0 Å². The van der Waals surface area contributed by atoms with E-state index >= 15 is 0 Å². The molecule has 5 nitrogen and oxygen atoms in total. The fourth-order valence-electron chi connectivity index (χ4n) is 2.01. The number of ether oxygens (including phenoxy) is 1. The fraction of sp³-hybridized carbons (Fsp3) is 0.188. The van der Waals surface area contributed by atoms with E-state index < -0.39 is 21.8 Å². The highest BCUT2D eigenvalue weighted by Crippen LogP contribution is 2.29. The van der Waals surface area contributed by atoms with E-state index in [1.165, 1.54) is 31.4 Å². The first-order valence-corrected chi connectivity index (χ1v) is 8.48. The standard InChI is InChI=1S/C16H15F3N2O3S/c1-11-6-7-14(24-2)15(8-11)25(22,23)21-20-10-12-4-3-5-13(9-12)16(17,18)19/h3-10,21H,1-2H3/b20-10+. The Hall–Kier alpha value is -2.55. The normalized spacial score (nSPS) is 12.4. The maximum atomic E-state index is 12.7. The van der Waals surface area contributed by atoms with Gasteiger partial charge >= 0.3 is 6.18 Å². The Morgan fingerprint density at radius 2 is 1.88 bits per heavy atom. The number of sulfonamides is 1. The van der Waals surface area contributed by atoms with Gasteiger partial charge in [0.2, 0.25) is 0 Å². The smallest absolute Gasteiger partial charge is 0.416 e. The number of halogens is 3. The van der Waals surface area contributed by atoms with E-state index in [0.29, 0.717) is 5.56 Å². The third-order valence-corrected chi connectivity index (χ3v) is 4.45. The summed E-state index contributed by atoms with van der Waals surface area (Å²) < 4.78 is 67.6. The van der Waals surface area contributed by atoms with Crippen molar-refractivity contribution in [1.82, 2.24) is 4.83 Å². The second-order valence-electron chi connectivity index (χ2n) is 5.13. The molecule has 0 aliphatic rings. The Morgan fingerprint density at radius 3 is 2.52 bits per heavy atom. The van der Waals surface area contributed by atoms with Crippen LogP contribution in [0.4, 0.5) is 13.2 Å². The summed E-state index contributed by atoms with van der Waals surface area (Å²) in [6.45, 7) is 1.71. The molecule has 0 radical (unpaired) electrons. The van der Waals surface area contributed by atoms with Crippen LogP contribution in [0.5, 0.6) is 5.75 Å². The third-order valence-electron chi connectivity index (χ3n) is 3.21. The van der Waals surface area contributed by atoms with Gasteiger partial charge in [-0.15, -0.1) is 0 Å². The Kier molecular flexibility index (Phi) is 5.36. The van der Waals surface area contributed by atoms with Gasteiger partial charge in [-0.05, 0) is 42.3 Å². The number of methoxy groups -OCH3 is 1. The second-order valence-corrected chi connectivity index (χ2v) is 6.76. The van der Waals surface area contributed by atoms with Crippen molar-refractivity contribution >= 4 is 16.2 Å². The molecular weight excluding hydrogens is 357 g/mol. The maximum Gasteiger partial charge on any atom is 0.416 e. The van der Waals surface area contributed by atoms with Crippen LogP contribution in [0.2, 0.25) is 0 Å². The molecule has 0 atom stereocenters. The van der Waals surface area contributed by atoms with Crippen molar-refractivity contribution in [3.8, 4) is 5.75 Å². The first kappa shape index (κ1) is 18.8. The number of benzene rings is 2. The zero-order chi connectivity index (χ0) is 18.7. The summed E-state index contributed by atoms with van der Waals surface area (Å²) in [5.41, 5.74) is -0.0450. The van der Waals surface area contributed by atoms with Crippen LogP contribution in [0.3, 0.4) is 0 Å². The second kappa shape index (κ2) is 7.14. The van der Waals surface area contributed by atoms with E-state index in [2.05, 4.69) is 5.10 Å². The van der Waals surface area contributed by atoms with E-state index in [-0.39, 0.29) is 16.2 Å². The number of rotatable bonds is 5. The van der Waals surface area contributed by atoms with Gasteiger partial charge in [0.1, 0.15) is 10.6 Å². The lowest BCUT2D eigenvalue weighted by atomic mass is 10.1. The molecule has 0 fully saturated rings. The van der Waals surface area contributed by atoms with Crippen LogP contribution in [0.1, 0.15) is 16.7 Å². The molecule has 0 unspecified atom stereocenters. The van der Waals surface area contributed by atoms with E-state index in [1.54, 1.807) is 13.0 Å². The molecule has 0 saturated heterocycles. The minimum atomic E-state index is -4.49. The summed E-state index contributed by atoms with van der Waals surface area (Å²) >= 11 is 0. The molecule has 25 heavy (non-hydrogen) atoms. The highest BCUT2D eigenvalue weighted by molar-refractivity contribution is 7.89. The van der Waals surface area contributed by atoms with E-state index in [0.717, 1.165) is 18.3 Å². The zero-order valence-electron chi connectivity index (χ0n) is 13.3. The lowest BCUT2D eigenvalue weighted by molar-refractivity contribution is -0.137. The topological polar surface area (TPSA) is 67.8 Å². The van der Waals surface area contributed by atoms with E-state index in [1.807, 2.05) is 4.83 Å². The molecule has 2 rings (SSSR count). The van der Waals surface area contributed by atoms with Gasteiger partial charge in [-0.1, -0.05) is 18.2 Å². The molecule has 2 aromatic carbocycles. The van der Waals surface area contributed by atoms with Gasteiger partial charge in [-0.3, -0.25) is 0 Å². The summed E-state index contributed by atoms with van der Waals surface area (Å²) in [6, 6.07) is 8.96. The van der Waals surface area contributed by atoms with Gasteiger partial charge in [0, 0.05) is 0 Å². The Balaban J connectivity index is 2.23. The minimum absolute atomic E-state index is 0.105. The van der Waals surface area contributed by atoms with Crippen LogP contribution in [-0.4, -0.2) is 21.7 Å². The number of nitrogens with zero attached hydrogens (tertiary/aromatic N) is 1. The quantitative estimate of drug-likeness (QED) is 0.647. The molecule has 0 aliphatic carbocycles. The summed E-state index contributed by atoms with van der Waals surface area (Å²) in [6.07, 6.45) is -3.49. The first-order chi connectivity index (χ1) is 11.6. The number of hydrogen-bond acceptors (Lipinski definition) is 4. The van der Waals surface area contributed by atoms with Crippen LogP contribution < -0.4 is 9.57 Å². The summed E-state index contributed by atoms with van der Waals surface area (Å²) in [5, 5.41) is 3.53. The molecule has 0 spiro atoms. The van der Waals surface area contributed by atoms with Crippen molar-refractivity contribution in [1.29, 1.82) is 0 Å². The first-order valence-electron chi connectivity index (χ1n) is 7.00. The van der Waals surface area contributed by atoms with Crippen molar-refractivity contribution in [3.63, 3.8) is 0 Å². The van der Waals surface area contributed by atoms with Gasteiger partial charge in [0.25, 0.3) is 10.0 Å². The van der Waals surface area contributed by atoms with Gasteiger partial charge in [0.05, 0.1) is 18.9 Å². The van der Waals surface area contributed by atoms with E-state index in [4.69, 9.17) is 4.74 Å². The molecule has 0 saturated carbocycles. The number of aryl methyl sites for hydroxylation is 1. The van der Waals surface area contributed by atoms with Gasteiger partial charge in [0.15, 0.2) is 0 Å². The molecule has 0 aromatic heterocycles. The number of hydrazone groups is 1. The lowest BCUT2D eigenvalue weighted by Crippen LogP contribution is -2.19.